The normalized spacial score (nSPS) is 18.6. The number of halogens is 1. The van der Waals surface area contributed by atoms with Crippen molar-refractivity contribution in [2.24, 2.45) is 0 Å². The van der Waals surface area contributed by atoms with E-state index in [1.165, 1.54) is 0 Å². The van der Waals surface area contributed by atoms with Crippen LogP contribution in [0.3, 0.4) is 0 Å². The monoisotopic (exact) mass is 387 g/mol. The van der Waals surface area contributed by atoms with Crippen molar-refractivity contribution in [2.45, 2.75) is 25.8 Å². The number of nitrogens with one attached hydrogen (secondary N) is 1. The van der Waals surface area contributed by atoms with Gasteiger partial charge in [-0.25, -0.2) is 4.79 Å². The fourth-order valence-electron chi connectivity index (χ4n) is 2.06. The second-order valence-corrected chi connectivity index (χ2v) is 5.69. The zero-order valence-electron chi connectivity index (χ0n) is 10.7. The van der Waals surface area contributed by atoms with Crippen LogP contribution in [-0.2, 0) is 9.59 Å². The van der Waals surface area contributed by atoms with Gasteiger partial charge in [0.15, 0.2) is 0 Å². The van der Waals surface area contributed by atoms with Crippen LogP contribution >= 0.6 is 22.6 Å². The van der Waals surface area contributed by atoms with Gasteiger partial charge in [0.25, 0.3) is 6.04 Å². The van der Waals surface area contributed by atoms with E-state index in [0.717, 1.165) is 0 Å². The lowest BCUT2D eigenvalue weighted by atomic mass is 10.0. The van der Waals surface area contributed by atoms with Crippen molar-refractivity contribution in [3.63, 3.8) is 0 Å². The molecule has 1 fully saturated rings. The number of hydrogen-bond acceptors (Lipinski definition) is 4. The Labute approximate surface area is 128 Å². The molecule has 0 radical (unpaired) electrons. The molecule has 1 aliphatic rings. The molecule has 1 heterocycles. The van der Waals surface area contributed by atoms with Crippen LogP contribution in [0, 0.1) is 15.4 Å². The standard InChI is InChI=1S/C13H11IN2O4/c1-7-3-2-4-8(14)11(7)13(19)16(20)9-5-6-10(17)15-12(9)18/h2-4,9H,5-6H2,1H3/p+1. The first kappa shape index (κ1) is 14.8. The van der Waals surface area contributed by atoms with Gasteiger partial charge < -0.3 is 0 Å². The Hall–Kier alpha value is -1.64. The number of rotatable bonds is 2. The number of nitrogens with zero attached hydrogens (tertiary/aromatic N) is 1. The lowest BCUT2D eigenvalue weighted by Crippen LogP contribution is -2.50. The summed E-state index contributed by atoms with van der Waals surface area (Å²) in [5.41, 5.74) is 0.975. The number of carbonyl (C=O) groups excluding carboxylic acids is 3. The van der Waals surface area contributed by atoms with Crippen molar-refractivity contribution in [1.82, 2.24) is 5.32 Å². The highest BCUT2D eigenvalue weighted by Crippen LogP contribution is 2.19. The van der Waals surface area contributed by atoms with E-state index in [-0.39, 0.29) is 17.6 Å². The van der Waals surface area contributed by atoms with Gasteiger partial charge in [-0.2, -0.15) is 0 Å². The molecular weight excluding hydrogens is 375 g/mol. The number of nitroso groups, excluding NO2 is 1. The maximum absolute atomic E-state index is 12.3. The van der Waals surface area contributed by atoms with Gasteiger partial charge in [-0.15, -0.1) is 0 Å². The topological polar surface area (TPSA) is 83.3 Å². The highest BCUT2D eigenvalue weighted by Gasteiger charge is 2.44. The number of piperidine rings is 1. The highest BCUT2D eigenvalue weighted by atomic mass is 127. The third kappa shape index (κ3) is 2.77. The summed E-state index contributed by atoms with van der Waals surface area (Å²) in [7, 11) is 0. The van der Waals surface area contributed by atoms with Gasteiger partial charge >= 0.3 is 11.8 Å². The smallest absolute Gasteiger partial charge is 0.290 e. The van der Waals surface area contributed by atoms with Crippen molar-refractivity contribution in [3.05, 3.63) is 37.8 Å². The highest BCUT2D eigenvalue weighted by molar-refractivity contribution is 14.1. The van der Waals surface area contributed by atoms with Gasteiger partial charge in [-0.1, -0.05) is 12.1 Å². The first-order valence-corrected chi connectivity index (χ1v) is 7.09. The minimum atomic E-state index is -1.14. The van der Waals surface area contributed by atoms with Gasteiger partial charge in [0.05, 0.1) is 4.76 Å². The molecule has 1 N–H and O–H groups in total. The molecule has 0 bridgehead atoms. The Kier molecular flexibility index (Phi) is 4.26. The zero-order chi connectivity index (χ0) is 14.9. The third-order valence-electron chi connectivity index (χ3n) is 3.13. The van der Waals surface area contributed by atoms with Gasteiger partial charge in [0, 0.05) is 21.3 Å². The lowest BCUT2D eigenvalue weighted by molar-refractivity contribution is -0.480. The lowest BCUT2D eigenvalue weighted by Gasteiger charge is -2.13. The van der Waals surface area contributed by atoms with E-state index in [2.05, 4.69) is 5.32 Å². The summed E-state index contributed by atoms with van der Waals surface area (Å²) >= 11 is 1.97. The molecule has 1 unspecified atom stereocenters. The van der Waals surface area contributed by atoms with E-state index in [1.54, 1.807) is 25.1 Å². The van der Waals surface area contributed by atoms with Gasteiger partial charge in [-0.3, -0.25) is 14.9 Å². The summed E-state index contributed by atoms with van der Waals surface area (Å²) < 4.78 is 0.826. The minimum Gasteiger partial charge on any atom is -0.290 e. The molecule has 104 valence electrons. The molecule has 1 atom stereocenters. The van der Waals surface area contributed by atoms with Crippen LogP contribution in [0.25, 0.3) is 0 Å². The van der Waals surface area contributed by atoms with Crippen molar-refractivity contribution in [2.75, 3.05) is 0 Å². The molecule has 7 heteroatoms. The van der Waals surface area contributed by atoms with E-state index in [1.807, 2.05) is 22.6 Å². The number of amides is 3. The molecule has 6 nitrogen and oxygen atoms in total. The Morgan fingerprint density at radius 1 is 1.40 bits per heavy atom. The van der Waals surface area contributed by atoms with Gasteiger partial charge in [0.1, 0.15) is 5.56 Å². The molecule has 1 saturated heterocycles. The van der Waals surface area contributed by atoms with Crippen LogP contribution < -0.4 is 5.32 Å². The van der Waals surface area contributed by atoms with Crippen molar-refractivity contribution in [3.8, 4) is 0 Å². The summed E-state index contributed by atoms with van der Waals surface area (Å²) in [4.78, 5) is 47.0. The van der Waals surface area contributed by atoms with E-state index in [9.17, 15) is 19.3 Å². The average molecular weight is 387 g/mol. The quantitative estimate of drug-likeness (QED) is 0.472. The molecule has 1 aromatic carbocycles. The molecule has 1 aromatic rings. The van der Waals surface area contributed by atoms with Crippen molar-refractivity contribution in [1.29, 1.82) is 0 Å². The molecule has 0 saturated carbocycles. The maximum Gasteiger partial charge on any atom is 0.467 e. The Morgan fingerprint density at radius 3 is 2.70 bits per heavy atom. The number of hydrogen-bond donors (Lipinski definition) is 1. The fourth-order valence-corrected chi connectivity index (χ4v) is 2.92. The summed E-state index contributed by atoms with van der Waals surface area (Å²) in [5, 5.41) is 2.07. The van der Waals surface area contributed by atoms with E-state index in [4.69, 9.17) is 0 Å². The molecule has 0 spiro atoms. The number of benzene rings is 1. The first-order chi connectivity index (χ1) is 9.41. The molecule has 0 aliphatic carbocycles. The average Bonchev–Trinajstić information content (AvgIpc) is 2.37. The van der Waals surface area contributed by atoms with E-state index >= 15 is 0 Å². The largest absolute Gasteiger partial charge is 0.467 e. The van der Waals surface area contributed by atoms with E-state index < -0.39 is 23.8 Å². The van der Waals surface area contributed by atoms with Crippen LogP contribution in [0.5, 0.6) is 0 Å². The van der Waals surface area contributed by atoms with Crippen molar-refractivity contribution < 1.29 is 19.1 Å². The number of imide groups is 1. The summed E-state index contributed by atoms with van der Waals surface area (Å²) in [6, 6.07) is 4.09. The Morgan fingerprint density at radius 2 is 2.10 bits per heavy atom. The van der Waals surface area contributed by atoms with Gasteiger partial charge in [0.2, 0.25) is 5.91 Å². The third-order valence-corrected chi connectivity index (χ3v) is 4.03. The SMILES string of the molecule is Cc1cccc(I)c1C(=O)[N+](=O)C1CCC(=O)NC1=O. The zero-order valence-corrected chi connectivity index (χ0v) is 12.8. The van der Waals surface area contributed by atoms with Crippen molar-refractivity contribution >= 4 is 40.3 Å². The molecule has 20 heavy (non-hydrogen) atoms. The van der Waals surface area contributed by atoms with Crippen LogP contribution in [0.4, 0.5) is 0 Å². The van der Waals surface area contributed by atoms with E-state index in [0.29, 0.717) is 14.7 Å². The molecular formula is C13H12IN2O4+. The first-order valence-electron chi connectivity index (χ1n) is 6.01. The predicted molar refractivity (Wildman–Crippen MR) is 78.0 cm³/mol. The Balaban J connectivity index is 2.27. The summed E-state index contributed by atoms with van der Waals surface area (Å²) in [5.74, 6) is -1.88. The van der Waals surface area contributed by atoms with Crippen LogP contribution in [-0.4, -0.2) is 28.5 Å². The van der Waals surface area contributed by atoms with Crippen LogP contribution in [0.2, 0.25) is 0 Å². The minimum absolute atomic E-state index is 0.0579. The fraction of sp³-hybridized carbons (Fsp3) is 0.308. The molecule has 0 aromatic heterocycles. The predicted octanol–water partition coefficient (Wildman–Crippen LogP) is 1.32. The van der Waals surface area contributed by atoms with Crippen LogP contribution in [0.15, 0.2) is 18.2 Å². The van der Waals surface area contributed by atoms with Crippen LogP contribution in [0.1, 0.15) is 28.8 Å². The number of carbonyl (C=O) groups is 3. The van der Waals surface area contributed by atoms with Gasteiger partial charge in [-0.05, 0) is 41.1 Å². The molecule has 1 aliphatic heterocycles. The Bertz CT molecular complexity index is 607. The maximum atomic E-state index is 12.3. The summed E-state index contributed by atoms with van der Waals surface area (Å²) in [6.45, 7) is 1.73. The number of aryl methyl sites for hydroxylation is 1. The second-order valence-electron chi connectivity index (χ2n) is 4.53. The second kappa shape index (κ2) is 5.78. The molecule has 2 rings (SSSR count). The molecule has 3 amide bonds. The summed E-state index contributed by atoms with van der Waals surface area (Å²) in [6.07, 6.45) is 0.121.